The van der Waals surface area contributed by atoms with Gasteiger partial charge in [-0.3, -0.25) is 14.5 Å². The minimum Gasteiger partial charge on any atom is -0.496 e. The van der Waals surface area contributed by atoms with Crippen LogP contribution >= 0.6 is 23.6 Å². The monoisotopic (exact) mass is 374 g/mol. The lowest BCUT2D eigenvalue weighted by Gasteiger charge is -2.19. The minimum absolute atomic E-state index is 0.0544. The van der Waals surface area contributed by atoms with Gasteiger partial charge >= 0.3 is 0 Å². The van der Waals surface area contributed by atoms with Crippen LogP contribution in [0.3, 0.4) is 0 Å². The lowest BCUT2D eigenvalue weighted by molar-refractivity contribution is -0.131. The van der Waals surface area contributed by atoms with Gasteiger partial charge in [0.15, 0.2) is 10.6 Å². The molecule has 0 fully saturated rings. The van der Waals surface area contributed by atoms with E-state index in [1.165, 1.54) is 0 Å². The highest BCUT2D eigenvalue weighted by Crippen LogP contribution is 2.23. The fourth-order valence-electron chi connectivity index (χ4n) is 2.49. The molecule has 0 atom stereocenters. The second kappa shape index (κ2) is 7.62. The van der Waals surface area contributed by atoms with E-state index in [2.05, 4.69) is 10.2 Å². The van der Waals surface area contributed by atoms with Crippen LogP contribution in [0.4, 0.5) is 0 Å². The molecule has 1 aromatic carbocycles. The second-order valence-electron chi connectivity index (χ2n) is 5.48. The fourth-order valence-corrected chi connectivity index (χ4v) is 3.41. The van der Waals surface area contributed by atoms with Crippen molar-refractivity contribution in [2.75, 3.05) is 14.2 Å². The van der Waals surface area contributed by atoms with Crippen molar-refractivity contribution in [3.63, 3.8) is 0 Å². The van der Waals surface area contributed by atoms with Gasteiger partial charge in [-0.1, -0.05) is 24.3 Å². The van der Waals surface area contributed by atoms with Gasteiger partial charge in [0.25, 0.3) is 0 Å². The highest BCUT2D eigenvalue weighted by molar-refractivity contribution is 7.71. The van der Waals surface area contributed by atoms with Crippen LogP contribution < -0.4 is 4.74 Å². The maximum atomic E-state index is 12.7. The number of ether oxygens (including phenoxy) is 1. The maximum absolute atomic E-state index is 12.7. The highest BCUT2D eigenvalue weighted by Gasteiger charge is 2.17. The van der Waals surface area contributed by atoms with Gasteiger partial charge in [0.05, 0.1) is 12.0 Å². The molecular formula is C17H18N4O2S2. The third-order valence-corrected chi connectivity index (χ3v) is 5.00. The zero-order valence-corrected chi connectivity index (χ0v) is 15.6. The number of methoxy groups -OCH3 is 1. The van der Waals surface area contributed by atoms with Gasteiger partial charge in [-0.15, -0.1) is 11.3 Å². The average molecular weight is 374 g/mol. The van der Waals surface area contributed by atoms with Crippen LogP contribution in [0, 0.1) is 4.77 Å². The van der Waals surface area contributed by atoms with E-state index in [1.807, 2.05) is 41.8 Å². The van der Waals surface area contributed by atoms with Crippen molar-refractivity contribution in [2.45, 2.75) is 13.1 Å². The number of nitrogens with one attached hydrogen (secondary N) is 1. The average Bonchev–Trinajstić information content (AvgIpc) is 3.26. The number of H-pyrrole nitrogens is 1. The molecule has 3 aromatic rings. The molecule has 8 heteroatoms. The molecule has 3 rings (SSSR count). The summed E-state index contributed by atoms with van der Waals surface area (Å²) in [5, 5.41) is 8.98. The van der Waals surface area contributed by atoms with Crippen LogP contribution in [0.2, 0.25) is 0 Å². The van der Waals surface area contributed by atoms with Crippen LogP contribution in [0.25, 0.3) is 10.7 Å². The SMILES string of the molecule is COc1ccccc1CN(C)C(=O)Cn1c(-c2cccs2)n[nH]c1=S. The number of likely N-dealkylation sites (N-methyl/N-ethyl adjacent to an activating group) is 1. The van der Waals surface area contributed by atoms with E-state index in [1.54, 1.807) is 35.0 Å². The summed E-state index contributed by atoms with van der Waals surface area (Å²) in [5.41, 5.74) is 0.954. The molecule has 2 heterocycles. The Morgan fingerprint density at radius 2 is 2.16 bits per heavy atom. The molecule has 0 radical (unpaired) electrons. The molecule has 0 aliphatic heterocycles. The van der Waals surface area contributed by atoms with Gasteiger partial charge in [0.2, 0.25) is 5.91 Å². The summed E-state index contributed by atoms with van der Waals surface area (Å²) in [6.07, 6.45) is 0. The zero-order chi connectivity index (χ0) is 17.8. The molecular weight excluding hydrogens is 356 g/mol. The molecule has 0 saturated heterocycles. The first-order chi connectivity index (χ1) is 12.1. The van der Waals surface area contributed by atoms with Gasteiger partial charge in [-0.25, -0.2) is 0 Å². The van der Waals surface area contributed by atoms with Gasteiger partial charge in [0, 0.05) is 19.2 Å². The number of thiophene rings is 1. The van der Waals surface area contributed by atoms with Gasteiger partial charge in [0.1, 0.15) is 12.3 Å². The lowest BCUT2D eigenvalue weighted by Crippen LogP contribution is -2.30. The molecule has 0 bridgehead atoms. The standard InChI is InChI=1S/C17H18N4O2S2/c1-20(10-12-6-3-4-7-13(12)23-2)15(22)11-21-16(18-19-17(21)24)14-8-5-9-25-14/h3-9H,10-11H2,1-2H3,(H,19,24). The predicted molar refractivity (Wildman–Crippen MR) is 100 cm³/mol. The number of carbonyl (C=O) groups is 1. The largest absolute Gasteiger partial charge is 0.496 e. The molecule has 130 valence electrons. The molecule has 0 unspecified atom stereocenters. The second-order valence-corrected chi connectivity index (χ2v) is 6.81. The van der Waals surface area contributed by atoms with Crippen molar-refractivity contribution in [1.29, 1.82) is 0 Å². The van der Waals surface area contributed by atoms with E-state index in [4.69, 9.17) is 17.0 Å². The molecule has 1 N–H and O–H groups in total. The minimum atomic E-state index is -0.0544. The number of aromatic nitrogens is 3. The summed E-state index contributed by atoms with van der Waals surface area (Å²) >= 11 is 6.84. The molecule has 0 spiro atoms. The predicted octanol–water partition coefficient (Wildman–Crippen LogP) is 3.34. The summed E-state index contributed by atoms with van der Waals surface area (Å²) in [5.74, 6) is 1.39. The van der Waals surface area contributed by atoms with Gasteiger partial charge < -0.3 is 9.64 Å². The summed E-state index contributed by atoms with van der Waals surface area (Å²) in [7, 11) is 3.39. The van der Waals surface area contributed by atoms with Gasteiger partial charge in [-0.2, -0.15) is 5.10 Å². The molecule has 1 amide bonds. The van der Waals surface area contributed by atoms with Crippen molar-refractivity contribution >= 4 is 29.5 Å². The summed E-state index contributed by atoms with van der Waals surface area (Å²) in [4.78, 5) is 15.3. The number of carbonyl (C=O) groups excluding carboxylic acids is 1. The number of nitrogens with zero attached hydrogens (tertiary/aromatic N) is 3. The first-order valence-corrected chi connectivity index (χ1v) is 8.94. The number of para-hydroxylation sites is 1. The third-order valence-electron chi connectivity index (χ3n) is 3.82. The van der Waals surface area contributed by atoms with Gasteiger partial charge in [-0.05, 0) is 29.7 Å². The number of aromatic amines is 1. The maximum Gasteiger partial charge on any atom is 0.242 e. The Hall–Kier alpha value is -2.45. The molecule has 2 aromatic heterocycles. The van der Waals surface area contributed by atoms with Crippen molar-refractivity contribution in [3.05, 3.63) is 52.1 Å². The number of amides is 1. The first kappa shape index (κ1) is 17.4. The Balaban J connectivity index is 1.77. The summed E-state index contributed by atoms with van der Waals surface area (Å²) in [6, 6.07) is 11.6. The molecule has 6 nitrogen and oxygen atoms in total. The Morgan fingerprint density at radius 3 is 2.88 bits per heavy atom. The smallest absolute Gasteiger partial charge is 0.242 e. The van der Waals surface area contributed by atoms with Crippen molar-refractivity contribution in [2.24, 2.45) is 0 Å². The van der Waals surface area contributed by atoms with Crippen LogP contribution in [0.15, 0.2) is 41.8 Å². The van der Waals surface area contributed by atoms with Crippen LogP contribution in [-0.2, 0) is 17.9 Å². The Bertz CT molecular complexity index is 915. The first-order valence-electron chi connectivity index (χ1n) is 7.65. The molecule has 0 aliphatic rings. The van der Waals surface area contributed by atoms with Crippen molar-refractivity contribution in [1.82, 2.24) is 19.7 Å². The quantitative estimate of drug-likeness (QED) is 0.672. The van der Waals surface area contributed by atoms with Crippen molar-refractivity contribution < 1.29 is 9.53 Å². The highest BCUT2D eigenvalue weighted by atomic mass is 32.1. The zero-order valence-electron chi connectivity index (χ0n) is 13.9. The Labute approximate surface area is 154 Å². The number of rotatable bonds is 6. The van der Waals surface area contributed by atoms with Crippen LogP contribution in [0.5, 0.6) is 5.75 Å². The van der Waals surface area contributed by atoms with E-state index in [0.29, 0.717) is 17.1 Å². The van der Waals surface area contributed by atoms with E-state index in [0.717, 1.165) is 16.2 Å². The van der Waals surface area contributed by atoms with E-state index < -0.39 is 0 Å². The lowest BCUT2D eigenvalue weighted by atomic mass is 10.2. The molecule has 0 saturated carbocycles. The molecule has 25 heavy (non-hydrogen) atoms. The summed E-state index contributed by atoms with van der Waals surface area (Å²) in [6.45, 7) is 0.594. The number of hydrogen-bond donors (Lipinski definition) is 1. The van der Waals surface area contributed by atoms with Crippen LogP contribution in [0.1, 0.15) is 5.56 Å². The normalized spacial score (nSPS) is 10.6. The van der Waals surface area contributed by atoms with Crippen LogP contribution in [-0.4, -0.2) is 39.7 Å². The van der Waals surface area contributed by atoms with E-state index in [-0.39, 0.29) is 12.5 Å². The number of benzene rings is 1. The Morgan fingerprint density at radius 1 is 1.36 bits per heavy atom. The number of hydrogen-bond acceptors (Lipinski definition) is 5. The van der Waals surface area contributed by atoms with E-state index >= 15 is 0 Å². The Kier molecular flexibility index (Phi) is 5.30. The summed E-state index contributed by atoms with van der Waals surface area (Å²) < 4.78 is 7.50. The molecule has 0 aliphatic carbocycles. The van der Waals surface area contributed by atoms with E-state index in [9.17, 15) is 4.79 Å². The fraction of sp³-hybridized carbons (Fsp3) is 0.235. The van der Waals surface area contributed by atoms with Crippen molar-refractivity contribution in [3.8, 4) is 16.5 Å². The third kappa shape index (κ3) is 3.80. The topological polar surface area (TPSA) is 63.1 Å².